The number of ether oxygens (including phenoxy) is 1. The molecule has 0 heterocycles. The molecule has 2 N–H and O–H groups in total. The first-order valence-electron chi connectivity index (χ1n) is 5.32. The van der Waals surface area contributed by atoms with Crippen LogP contribution in [-0.2, 0) is 14.8 Å². The molecule has 1 aromatic rings. The van der Waals surface area contributed by atoms with Gasteiger partial charge in [0.25, 0.3) is 0 Å². The van der Waals surface area contributed by atoms with Crippen LogP contribution in [0, 0.1) is 5.82 Å². The fourth-order valence-electron chi connectivity index (χ4n) is 1.43. The number of nitrogens with two attached hydrogens (primary N) is 1. The molecule has 0 spiro atoms. The number of nitrogens with zero attached hydrogens (tertiary/aromatic N) is 1. The molecule has 5 nitrogen and oxygen atoms in total. The maximum atomic E-state index is 13.0. The summed E-state index contributed by atoms with van der Waals surface area (Å²) in [4.78, 5) is -0.0353. The molecule has 0 radical (unpaired) electrons. The summed E-state index contributed by atoms with van der Waals surface area (Å²) in [7, 11) is -0.757. The van der Waals surface area contributed by atoms with Crippen LogP contribution >= 0.6 is 0 Å². The number of rotatable bonds is 5. The highest BCUT2D eigenvalue weighted by Crippen LogP contribution is 2.20. The van der Waals surface area contributed by atoms with E-state index in [2.05, 4.69) is 0 Å². The Hall–Kier alpha value is -1.18. The predicted octanol–water partition coefficient (Wildman–Crippen LogP) is 1.06. The van der Waals surface area contributed by atoms with Crippen molar-refractivity contribution < 1.29 is 17.5 Å². The quantitative estimate of drug-likeness (QED) is 0.816. The standard InChI is InChI=1S/C11H17FN2O3S/c1-8(7-17-3)14(2)18(15,16)9-4-5-10(12)11(13)6-9/h4-6,8H,7,13H2,1-3H3. The topological polar surface area (TPSA) is 72.6 Å². The molecule has 0 saturated heterocycles. The summed E-state index contributed by atoms with van der Waals surface area (Å²) in [5, 5.41) is 0. The van der Waals surface area contributed by atoms with Crippen molar-refractivity contribution in [2.75, 3.05) is 26.5 Å². The maximum absolute atomic E-state index is 13.0. The van der Waals surface area contributed by atoms with Gasteiger partial charge in [0.15, 0.2) is 0 Å². The van der Waals surface area contributed by atoms with E-state index in [1.165, 1.54) is 24.5 Å². The molecule has 102 valence electrons. The number of nitrogen functional groups attached to an aromatic ring is 1. The molecule has 0 saturated carbocycles. The zero-order chi connectivity index (χ0) is 13.9. The molecule has 0 aliphatic carbocycles. The van der Waals surface area contributed by atoms with Gasteiger partial charge in [-0.15, -0.1) is 0 Å². The average molecular weight is 276 g/mol. The highest BCUT2D eigenvalue weighted by atomic mass is 32.2. The van der Waals surface area contributed by atoms with Gasteiger partial charge in [-0.05, 0) is 25.1 Å². The number of hydrogen-bond acceptors (Lipinski definition) is 4. The van der Waals surface area contributed by atoms with Gasteiger partial charge in [-0.2, -0.15) is 4.31 Å². The van der Waals surface area contributed by atoms with Crippen molar-refractivity contribution in [2.24, 2.45) is 0 Å². The zero-order valence-corrected chi connectivity index (χ0v) is 11.4. The number of hydrogen-bond donors (Lipinski definition) is 1. The molecule has 1 atom stereocenters. The summed E-state index contributed by atoms with van der Waals surface area (Å²) < 4.78 is 43.5. The third-order valence-electron chi connectivity index (χ3n) is 2.67. The smallest absolute Gasteiger partial charge is 0.243 e. The van der Waals surface area contributed by atoms with E-state index in [1.807, 2.05) is 0 Å². The SMILES string of the molecule is COCC(C)N(C)S(=O)(=O)c1ccc(F)c(N)c1. The molecule has 0 aliphatic rings. The third-order valence-corrected chi connectivity index (χ3v) is 4.64. The zero-order valence-electron chi connectivity index (χ0n) is 10.6. The molecule has 0 amide bonds. The third kappa shape index (κ3) is 2.98. The molecular formula is C11H17FN2O3S. The summed E-state index contributed by atoms with van der Waals surface area (Å²) in [6.07, 6.45) is 0. The van der Waals surface area contributed by atoms with Gasteiger partial charge >= 0.3 is 0 Å². The average Bonchev–Trinajstić information content (AvgIpc) is 2.31. The fraction of sp³-hybridized carbons (Fsp3) is 0.455. The van der Waals surface area contributed by atoms with Crippen LogP contribution in [0.3, 0.4) is 0 Å². The van der Waals surface area contributed by atoms with E-state index < -0.39 is 15.8 Å². The lowest BCUT2D eigenvalue weighted by Gasteiger charge is -2.23. The summed E-state index contributed by atoms with van der Waals surface area (Å²) in [6.45, 7) is 1.99. The lowest BCUT2D eigenvalue weighted by molar-refractivity contribution is 0.149. The van der Waals surface area contributed by atoms with Crippen molar-refractivity contribution in [1.29, 1.82) is 0 Å². The largest absolute Gasteiger partial charge is 0.396 e. The monoisotopic (exact) mass is 276 g/mol. The second-order valence-corrected chi connectivity index (χ2v) is 6.01. The number of sulfonamides is 1. The Morgan fingerprint density at radius 1 is 1.50 bits per heavy atom. The van der Waals surface area contributed by atoms with Crippen molar-refractivity contribution in [1.82, 2.24) is 4.31 Å². The van der Waals surface area contributed by atoms with Gasteiger partial charge in [-0.25, -0.2) is 12.8 Å². The number of anilines is 1. The second kappa shape index (κ2) is 5.64. The maximum Gasteiger partial charge on any atom is 0.243 e. The molecule has 0 fully saturated rings. The van der Waals surface area contributed by atoms with Crippen LogP contribution in [0.1, 0.15) is 6.92 Å². The van der Waals surface area contributed by atoms with E-state index in [0.29, 0.717) is 0 Å². The van der Waals surface area contributed by atoms with Crippen molar-refractivity contribution in [3.8, 4) is 0 Å². The normalized spacial score (nSPS) is 13.8. The van der Waals surface area contributed by atoms with Gasteiger partial charge in [-0.3, -0.25) is 0 Å². The Balaban J connectivity index is 3.09. The molecule has 0 aromatic heterocycles. The van der Waals surface area contributed by atoms with E-state index in [4.69, 9.17) is 10.5 Å². The Morgan fingerprint density at radius 2 is 2.11 bits per heavy atom. The van der Waals surface area contributed by atoms with Gasteiger partial charge in [0.1, 0.15) is 5.82 Å². The fourth-order valence-corrected chi connectivity index (χ4v) is 2.81. The lowest BCUT2D eigenvalue weighted by atomic mass is 10.3. The van der Waals surface area contributed by atoms with Gasteiger partial charge in [0, 0.05) is 20.2 Å². The van der Waals surface area contributed by atoms with Gasteiger partial charge in [-0.1, -0.05) is 0 Å². The summed E-state index contributed by atoms with van der Waals surface area (Å²) in [5.41, 5.74) is 5.18. The van der Waals surface area contributed by atoms with E-state index in [1.54, 1.807) is 6.92 Å². The number of halogens is 1. The Morgan fingerprint density at radius 3 is 2.61 bits per heavy atom. The van der Waals surface area contributed by atoms with Crippen LogP contribution in [0.2, 0.25) is 0 Å². The van der Waals surface area contributed by atoms with Crippen molar-refractivity contribution in [2.45, 2.75) is 17.9 Å². The second-order valence-electron chi connectivity index (χ2n) is 4.01. The van der Waals surface area contributed by atoms with Crippen LogP contribution < -0.4 is 5.73 Å². The highest BCUT2D eigenvalue weighted by molar-refractivity contribution is 7.89. The van der Waals surface area contributed by atoms with E-state index in [9.17, 15) is 12.8 Å². The first kappa shape index (κ1) is 14.9. The van der Waals surface area contributed by atoms with Crippen LogP contribution in [-0.4, -0.2) is 39.5 Å². The lowest BCUT2D eigenvalue weighted by Crippen LogP contribution is -2.37. The number of benzene rings is 1. The molecular weight excluding hydrogens is 259 g/mol. The summed E-state index contributed by atoms with van der Waals surface area (Å²) in [6, 6.07) is 3.01. The van der Waals surface area contributed by atoms with Crippen LogP contribution in [0.4, 0.5) is 10.1 Å². The van der Waals surface area contributed by atoms with Gasteiger partial charge < -0.3 is 10.5 Å². The van der Waals surface area contributed by atoms with Gasteiger partial charge in [0.2, 0.25) is 10.0 Å². The first-order valence-corrected chi connectivity index (χ1v) is 6.76. The van der Waals surface area contributed by atoms with Crippen LogP contribution in [0.25, 0.3) is 0 Å². The van der Waals surface area contributed by atoms with Crippen molar-refractivity contribution in [3.05, 3.63) is 24.0 Å². The minimum atomic E-state index is -3.69. The predicted molar refractivity (Wildman–Crippen MR) is 67.1 cm³/mol. The molecule has 0 aliphatic heterocycles. The van der Waals surface area contributed by atoms with E-state index >= 15 is 0 Å². The van der Waals surface area contributed by atoms with Gasteiger partial charge in [0.05, 0.1) is 17.2 Å². The Bertz CT molecular complexity index is 519. The summed E-state index contributed by atoms with van der Waals surface area (Å²) in [5.74, 6) is -0.637. The molecule has 7 heteroatoms. The van der Waals surface area contributed by atoms with E-state index in [-0.39, 0.29) is 23.2 Å². The highest BCUT2D eigenvalue weighted by Gasteiger charge is 2.25. The van der Waals surface area contributed by atoms with E-state index in [0.717, 1.165) is 12.1 Å². The van der Waals surface area contributed by atoms with Crippen molar-refractivity contribution in [3.63, 3.8) is 0 Å². The molecule has 18 heavy (non-hydrogen) atoms. The minimum Gasteiger partial charge on any atom is -0.396 e. The first-order chi connectivity index (χ1) is 8.30. The molecule has 1 unspecified atom stereocenters. The Labute approximate surface area is 106 Å². The summed E-state index contributed by atoms with van der Waals surface area (Å²) >= 11 is 0. The number of methoxy groups -OCH3 is 1. The van der Waals surface area contributed by atoms with Crippen LogP contribution in [0.5, 0.6) is 0 Å². The van der Waals surface area contributed by atoms with Crippen molar-refractivity contribution >= 4 is 15.7 Å². The van der Waals surface area contributed by atoms with Crippen LogP contribution in [0.15, 0.2) is 23.1 Å². The number of likely N-dealkylation sites (N-methyl/N-ethyl adjacent to an activating group) is 1. The molecule has 1 aromatic carbocycles. The Kier molecular flexibility index (Phi) is 4.66. The molecule has 1 rings (SSSR count). The molecule has 0 bridgehead atoms. The minimum absolute atomic E-state index is 0.0353.